The van der Waals surface area contributed by atoms with E-state index in [9.17, 15) is 9.90 Å². The molecule has 1 aromatic heterocycles. The van der Waals surface area contributed by atoms with E-state index in [1.807, 2.05) is 54.1 Å². The number of esters is 1. The van der Waals surface area contributed by atoms with E-state index in [4.69, 9.17) is 9.47 Å². The lowest BCUT2D eigenvalue weighted by Crippen LogP contribution is -2.33. The maximum atomic E-state index is 12.7. The normalized spacial score (nSPS) is 12.4. The van der Waals surface area contributed by atoms with Crippen molar-refractivity contribution in [3.8, 4) is 5.75 Å². The molecular formula is C24H28N2O4. The minimum atomic E-state index is -1.11. The third-order valence-corrected chi connectivity index (χ3v) is 5.14. The molecule has 0 spiro atoms. The zero-order valence-corrected chi connectivity index (χ0v) is 17.6. The van der Waals surface area contributed by atoms with Crippen molar-refractivity contribution in [2.24, 2.45) is 12.5 Å². The molecule has 6 heteroatoms. The molecule has 0 aliphatic rings. The highest BCUT2D eigenvalue weighted by atomic mass is 16.5. The maximum absolute atomic E-state index is 12.7. The zero-order chi connectivity index (χ0) is 21.6. The van der Waals surface area contributed by atoms with Gasteiger partial charge in [-0.25, -0.2) is 4.98 Å². The topological polar surface area (TPSA) is 73.6 Å². The average Bonchev–Trinajstić information content (AvgIpc) is 3.17. The summed E-state index contributed by atoms with van der Waals surface area (Å²) in [6.07, 6.45) is 2.99. The minimum Gasteiger partial charge on any atom is -0.489 e. The highest BCUT2D eigenvalue weighted by molar-refractivity contribution is 5.77. The number of nitrogens with zero attached hydrogens (tertiary/aromatic N) is 2. The van der Waals surface area contributed by atoms with Crippen LogP contribution in [-0.4, -0.2) is 27.2 Å². The Morgan fingerprint density at radius 3 is 2.63 bits per heavy atom. The molecule has 1 unspecified atom stereocenters. The van der Waals surface area contributed by atoms with Gasteiger partial charge in [-0.05, 0) is 37.1 Å². The molecule has 30 heavy (non-hydrogen) atoms. The molecule has 3 aromatic rings. The Hall–Kier alpha value is -3.12. The average molecular weight is 408 g/mol. The monoisotopic (exact) mass is 408 g/mol. The number of ether oxygens (including phenoxy) is 2. The van der Waals surface area contributed by atoms with Gasteiger partial charge in [-0.2, -0.15) is 0 Å². The van der Waals surface area contributed by atoms with Gasteiger partial charge in [0, 0.05) is 25.4 Å². The van der Waals surface area contributed by atoms with Crippen LogP contribution in [0.15, 0.2) is 67.1 Å². The van der Waals surface area contributed by atoms with Crippen molar-refractivity contribution in [1.29, 1.82) is 0 Å². The number of aliphatic hydroxyl groups is 1. The van der Waals surface area contributed by atoms with Gasteiger partial charge < -0.3 is 19.1 Å². The van der Waals surface area contributed by atoms with Crippen molar-refractivity contribution in [2.45, 2.75) is 33.0 Å². The summed E-state index contributed by atoms with van der Waals surface area (Å²) in [6.45, 7) is 4.03. The van der Waals surface area contributed by atoms with Crippen LogP contribution in [0.5, 0.6) is 5.75 Å². The quantitative estimate of drug-likeness (QED) is 0.545. The first-order valence-electron chi connectivity index (χ1n) is 9.95. The summed E-state index contributed by atoms with van der Waals surface area (Å²) in [5.41, 5.74) is 1.53. The Balaban J connectivity index is 1.59. The first kappa shape index (κ1) is 21.6. The van der Waals surface area contributed by atoms with Gasteiger partial charge in [-0.3, -0.25) is 4.79 Å². The van der Waals surface area contributed by atoms with Gasteiger partial charge in [-0.1, -0.05) is 42.5 Å². The van der Waals surface area contributed by atoms with E-state index in [-0.39, 0.29) is 6.61 Å². The fraction of sp³-hybridized carbons (Fsp3) is 0.333. The summed E-state index contributed by atoms with van der Waals surface area (Å²) < 4.78 is 13.2. The molecule has 0 saturated heterocycles. The second kappa shape index (κ2) is 9.59. The highest BCUT2D eigenvalue weighted by Gasteiger charge is 2.38. The van der Waals surface area contributed by atoms with Gasteiger partial charge in [0.15, 0.2) is 0 Å². The van der Waals surface area contributed by atoms with Crippen LogP contribution in [0.2, 0.25) is 0 Å². The number of aliphatic hydroxyl groups excluding tert-OH is 1. The molecule has 1 atom stereocenters. The third-order valence-electron chi connectivity index (χ3n) is 5.14. The van der Waals surface area contributed by atoms with Crippen LogP contribution in [0.4, 0.5) is 0 Å². The van der Waals surface area contributed by atoms with E-state index in [1.54, 1.807) is 38.5 Å². The van der Waals surface area contributed by atoms with E-state index in [0.717, 1.165) is 11.3 Å². The van der Waals surface area contributed by atoms with E-state index in [0.29, 0.717) is 24.3 Å². The third kappa shape index (κ3) is 5.27. The lowest BCUT2D eigenvalue weighted by Gasteiger charge is -2.28. The van der Waals surface area contributed by atoms with Gasteiger partial charge in [0.2, 0.25) is 0 Å². The standard InChI is InChI=1S/C24H28N2O4/c1-24(2,23(28)29-13-12-20-15-25-17-26(20)3)22(27)19-10-7-11-21(14-19)30-16-18-8-5-4-6-9-18/h4-11,14-15,17,22,27H,12-13,16H2,1-3H3. The summed E-state index contributed by atoms with van der Waals surface area (Å²) in [7, 11) is 1.89. The summed E-state index contributed by atoms with van der Waals surface area (Å²) in [5, 5.41) is 10.9. The second-order valence-corrected chi connectivity index (χ2v) is 7.85. The van der Waals surface area contributed by atoms with E-state index >= 15 is 0 Å². The minimum absolute atomic E-state index is 0.231. The number of imidazole rings is 1. The Morgan fingerprint density at radius 2 is 1.93 bits per heavy atom. The van der Waals surface area contributed by atoms with E-state index < -0.39 is 17.5 Å². The van der Waals surface area contributed by atoms with Crippen LogP contribution in [0, 0.1) is 5.41 Å². The largest absolute Gasteiger partial charge is 0.489 e. The SMILES string of the molecule is Cn1cncc1CCOC(=O)C(C)(C)C(O)c1cccc(OCc2ccccc2)c1. The molecule has 0 amide bonds. The smallest absolute Gasteiger partial charge is 0.314 e. The van der Waals surface area contributed by atoms with Crippen LogP contribution in [0.25, 0.3) is 0 Å². The van der Waals surface area contributed by atoms with Crippen LogP contribution in [0.1, 0.15) is 36.8 Å². The fourth-order valence-corrected chi connectivity index (χ4v) is 3.10. The number of hydrogen-bond donors (Lipinski definition) is 1. The predicted molar refractivity (Wildman–Crippen MR) is 114 cm³/mol. The predicted octanol–water partition coefficient (Wildman–Crippen LogP) is 3.84. The van der Waals surface area contributed by atoms with Crippen molar-refractivity contribution in [3.63, 3.8) is 0 Å². The molecule has 0 radical (unpaired) electrons. The number of carbonyl (C=O) groups excluding carboxylic acids is 1. The molecule has 0 saturated carbocycles. The molecule has 0 fully saturated rings. The number of carbonyl (C=O) groups is 1. The van der Waals surface area contributed by atoms with Crippen LogP contribution >= 0.6 is 0 Å². The van der Waals surface area contributed by atoms with Crippen molar-refractivity contribution < 1.29 is 19.4 Å². The van der Waals surface area contributed by atoms with E-state index in [2.05, 4.69) is 4.98 Å². The summed E-state index contributed by atoms with van der Waals surface area (Å²) in [6, 6.07) is 17.0. The molecule has 6 nitrogen and oxygen atoms in total. The van der Waals surface area contributed by atoms with Gasteiger partial charge in [0.1, 0.15) is 12.4 Å². The fourth-order valence-electron chi connectivity index (χ4n) is 3.10. The highest BCUT2D eigenvalue weighted by Crippen LogP contribution is 2.36. The Kier molecular flexibility index (Phi) is 6.90. The number of aromatic nitrogens is 2. The number of benzene rings is 2. The van der Waals surface area contributed by atoms with Crippen molar-refractivity contribution in [2.75, 3.05) is 6.61 Å². The first-order chi connectivity index (χ1) is 14.4. The van der Waals surface area contributed by atoms with Crippen molar-refractivity contribution in [3.05, 3.63) is 83.9 Å². The van der Waals surface area contributed by atoms with Crippen LogP contribution in [-0.2, 0) is 29.6 Å². The Bertz CT molecular complexity index is 966. The number of aryl methyl sites for hydroxylation is 1. The summed E-state index contributed by atoms with van der Waals surface area (Å²) in [5.74, 6) is 0.184. The van der Waals surface area contributed by atoms with Gasteiger partial charge >= 0.3 is 5.97 Å². The maximum Gasteiger partial charge on any atom is 0.314 e. The number of hydrogen-bond acceptors (Lipinski definition) is 5. The van der Waals surface area contributed by atoms with Crippen LogP contribution < -0.4 is 4.74 Å². The summed E-state index contributed by atoms with van der Waals surface area (Å²) >= 11 is 0. The molecule has 2 aromatic carbocycles. The summed E-state index contributed by atoms with van der Waals surface area (Å²) in [4.78, 5) is 16.7. The molecular weight excluding hydrogens is 380 g/mol. The Labute approximate surface area is 177 Å². The Morgan fingerprint density at radius 1 is 1.17 bits per heavy atom. The van der Waals surface area contributed by atoms with Crippen molar-refractivity contribution in [1.82, 2.24) is 9.55 Å². The number of rotatable bonds is 9. The van der Waals surface area contributed by atoms with E-state index in [1.165, 1.54) is 0 Å². The molecule has 0 bridgehead atoms. The molecule has 1 heterocycles. The second-order valence-electron chi connectivity index (χ2n) is 7.85. The van der Waals surface area contributed by atoms with Crippen LogP contribution in [0.3, 0.4) is 0 Å². The molecule has 1 N–H and O–H groups in total. The lowest BCUT2D eigenvalue weighted by atomic mass is 9.82. The molecule has 0 aliphatic carbocycles. The lowest BCUT2D eigenvalue weighted by molar-refractivity contribution is -0.160. The van der Waals surface area contributed by atoms with Gasteiger partial charge in [0.05, 0.1) is 24.5 Å². The van der Waals surface area contributed by atoms with Gasteiger partial charge in [-0.15, -0.1) is 0 Å². The first-order valence-corrected chi connectivity index (χ1v) is 9.95. The zero-order valence-electron chi connectivity index (χ0n) is 17.6. The molecule has 3 rings (SSSR count). The van der Waals surface area contributed by atoms with Crippen molar-refractivity contribution >= 4 is 5.97 Å². The molecule has 0 aliphatic heterocycles. The van der Waals surface area contributed by atoms with Gasteiger partial charge in [0.25, 0.3) is 0 Å². The molecule has 158 valence electrons.